The van der Waals surface area contributed by atoms with Crippen molar-refractivity contribution in [2.75, 3.05) is 23.8 Å². The molecule has 1 amide bonds. The predicted molar refractivity (Wildman–Crippen MR) is 56.7 cm³/mol. The van der Waals surface area contributed by atoms with Gasteiger partial charge in [0.25, 0.3) is 0 Å². The van der Waals surface area contributed by atoms with Gasteiger partial charge in [-0.05, 0) is 12.1 Å². The van der Waals surface area contributed by atoms with Crippen LogP contribution in [0.5, 0.6) is 0 Å². The van der Waals surface area contributed by atoms with Gasteiger partial charge in [-0.1, -0.05) is 6.07 Å². The van der Waals surface area contributed by atoms with E-state index in [9.17, 15) is 9.18 Å². The molecule has 0 aromatic heterocycles. The van der Waals surface area contributed by atoms with Crippen LogP contribution in [-0.4, -0.2) is 25.2 Å². The van der Waals surface area contributed by atoms with Gasteiger partial charge in [0.2, 0.25) is 5.91 Å². The number of para-hydroxylation sites is 1. The fourth-order valence-electron chi connectivity index (χ4n) is 2.14. The van der Waals surface area contributed by atoms with E-state index in [0.29, 0.717) is 18.9 Å². The first-order valence-electron chi connectivity index (χ1n) is 5.19. The Morgan fingerprint density at radius 3 is 3.12 bits per heavy atom. The number of rotatable bonds is 0. The molecule has 84 valence electrons. The summed E-state index contributed by atoms with van der Waals surface area (Å²) in [6.45, 7) is 0.868. The van der Waals surface area contributed by atoms with Crippen LogP contribution in [0.4, 0.5) is 15.8 Å². The Labute approximate surface area is 91.8 Å². The third-order valence-corrected chi connectivity index (χ3v) is 3.02. The highest BCUT2D eigenvalue weighted by molar-refractivity contribution is 5.98. The van der Waals surface area contributed by atoms with Crippen molar-refractivity contribution in [3.8, 4) is 0 Å². The summed E-state index contributed by atoms with van der Waals surface area (Å²) >= 11 is 0. The minimum Gasteiger partial charge on any atom is -0.378 e. The number of hydrogen-bond acceptors (Lipinski definition) is 3. The van der Waals surface area contributed by atoms with Gasteiger partial charge in [-0.15, -0.1) is 0 Å². The topological polar surface area (TPSA) is 50.4 Å². The van der Waals surface area contributed by atoms with E-state index in [1.807, 2.05) is 0 Å². The summed E-state index contributed by atoms with van der Waals surface area (Å²) in [6.07, 6.45) is 0. The predicted octanol–water partition coefficient (Wildman–Crippen LogP) is 1.20. The molecule has 2 unspecified atom stereocenters. The zero-order valence-electron chi connectivity index (χ0n) is 8.50. The van der Waals surface area contributed by atoms with Gasteiger partial charge >= 0.3 is 0 Å². The smallest absolute Gasteiger partial charge is 0.232 e. The van der Waals surface area contributed by atoms with Crippen molar-refractivity contribution >= 4 is 17.3 Å². The van der Waals surface area contributed by atoms with Crippen molar-refractivity contribution in [3.05, 3.63) is 24.0 Å². The van der Waals surface area contributed by atoms with Gasteiger partial charge in [0.1, 0.15) is 11.5 Å². The van der Waals surface area contributed by atoms with E-state index in [1.54, 1.807) is 12.1 Å². The van der Waals surface area contributed by atoms with Crippen molar-refractivity contribution in [1.82, 2.24) is 0 Å². The van der Waals surface area contributed by atoms with Crippen LogP contribution in [0.25, 0.3) is 0 Å². The van der Waals surface area contributed by atoms with Crippen molar-refractivity contribution in [3.63, 3.8) is 0 Å². The number of carbonyl (C=O) groups is 1. The van der Waals surface area contributed by atoms with Crippen LogP contribution in [0.2, 0.25) is 0 Å². The Morgan fingerprint density at radius 2 is 2.25 bits per heavy atom. The van der Waals surface area contributed by atoms with Gasteiger partial charge in [-0.25, -0.2) is 4.39 Å². The van der Waals surface area contributed by atoms with Crippen molar-refractivity contribution in [2.24, 2.45) is 5.92 Å². The second kappa shape index (κ2) is 3.45. The highest BCUT2D eigenvalue weighted by Crippen LogP contribution is 2.32. The fraction of sp³-hybridized carbons (Fsp3) is 0.364. The van der Waals surface area contributed by atoms with Gasteiger partial charge in [0.15, 0.2) is 0 Å². The summed E-state index contributed by atoms with van der Waals surface area (Å²) in [7, 11) is 0. The van der Waals surface area contributed by atoms with Crippen LogP contribution >= 0.6 is 0 Å². The molecule has 1 aromatic carbocycles. The molecule has 0 saturated carbocycles. The number of benzene rings is 1. The van der Waals surface area contributed by atoms with Crippen LogP contribution in [0.1, 0.15) is 0 Å². The average molecular weight is 222 g/mol. The van der Waals surface area contributed by atoms with Crippen LogP contribution < -0.4 is 10.6 Å². The maximum Gasteiger partial charge on any atom is 0.232 e. The van der Waals surface area contributed by atoms with Gasteiger partial charge in [-0.3, -0.25) is 4.79 Å². The lowest BCUT2D eigenvalue weighted by atomic mass is 10.0. The molecule has 5 heteroatoms. The summed E-state index contributed by atoms with van der Waals surface area (Å²) in [5.74, 6) is -0.843. The molecule has 0 spiro atoms. The molecule has 0 aliphatic carbocycles. The van der Waals surface area contributed by atoms with Crippen molar-refractivity contribution < 1.29 is 13.9 Å². The minimum absolute atomic E-state index is 0.0666. The lowest BCUT2D eigenvalue weighted by Gasteiger charge is -2.14. The highest BCUT2D eigenvalue weighted by Gasteiger charge is 2.37. The van der Waals surface area contributed by atoms with E-state index in [-0.39, 0.29) is 23.6 Å². The molecule has 2 heterocycles. The number of nitrogens with one attached hydrogen (secondary N) is 2. The zero-order chi connectivity index (χ0) is 11.1. The molecular weight excluding hydrogens is 211 g/mol. The van der Waals surface area contributed by atoms with E-state index in [4.69, 9.17) is 4.74 Å². The normalized spacial score (nSPS) is 27.4. The molecule has 0 bridgehead atoms. The molecule has 2 atom stereocenters. The average Bonchev–Trinajstić information content (AvgIpc) is 2.66. The largest absolute Gasteiger partial charge is 0.378 e. The third-order valence-electron chi connectivity index (χ3n) is 3.02. The molecule has 2 aliphatic heterocycles. The standard InChI is InChI=1S/C11H11FN2O2/c12-7-2-1-3-8-10(7)14-11(15)6-4-16-5-9(6)13-8/h1-3,6,9,13H,4-5H2,(H,14,15). The Bertz CT molecular complexity index is 450. The van der Waals surface area contributed by atoms with Crippen molar-refractivity contribution in [2.45, 2.75) is 6.04 Å². The molecule has 1 saturated heterocycles. The number of ether oxygens (including phenoxy) is 1. The minimum atomic E-state index is -0.417. The Balaban J connectivity index is 2.05. The SMILES string of the molecule is O=C1Nc2c(F)cccc2NC2COCC12. The first kappa shape index (κ1) is 9.59. The number of fused-ring (bicyclic) bond motifs is 2. The number of hydrogen-bond donors (Lipinski definition) is 2. The van der Waals surface area contributed by atoms with E-state index in [2.05, 4.69) is 10.6 Å². The molecule has 1 fully saturated rings. The zero-order valence-corrected chi connectivity index (χ0v) is 8.50. The summed E-state index contributed by atoms with van der Waals surface area (Å²) in [4.78, 5) is 11.8. The highest BCUT2D eigenvalue weighted by atomic mass is 19.1. The number of halogens is 1. The molecule has 1 aromatic rings. The van der Waals surface area contributed by atoms with E-state index < -0.39 is 5.82 Å². The molecule has 3 rings (SSSR count). The fourth-order valence-corrected chi connectivity index (χ4v) is 2.14. The number of anilines is 2. The summed E-state index contributed by atoms with van der Waals surface area (Å²) < 4.78 is 18.8. The monoisotopic (exact) mass is 222 g/mol. The van der Waals surface area contributed by atoms with E-state index >= 15 is 0 Å². The quantitative estimate of drug-likeness (QED) is 0.693. The lowest BCUT2D eigenvalue weighted by Crippen LogP contribution is -2.33. The van der Waals surface area contributed by atoms with Crippen LogP contribution in [0.15, 0.2) is 18.2 Å². The molecule has 2 N–H and O–H groups in total. The molecule has 4 nitrogen and oxygen atoms in total. The van der Waals surface area contributed by atoms with Gasteiger partial charge in [-0.2, -0.15) is 0 Å². The molecule has 2 aliphatic rings. The van der Waals surface area contributed by atoms with Crippen LogP contribution in [0.3, 0.4) is 0 Å². The Morgan fingerprint density at radius 1 is 1.38 bits per heavy atom. The van der Waals surface area contributed by atoms with Crippen LogP contribution in [0, 0.1) is 11.7 Å². The van der Waals surface area contributed by atoms with Gasteiger partial charge < -0.3 is 15.4 Å². The van der Waals surface area contributed by atoms with Crippen molar-refractivity contribution in [1.29, 1.82) is 0 Å². The van der Waals surface area contributed by atoms with E-state index in [0.717, 1.165) is 0 Å². The number of carbonyl (C=O) groups excluding carboxylic acids is 1. The van der Waals surface area contributed by atoms with E-state index in [1.165, 1.54) is 6.07 Å². The van der Waals surface area contributed by atoms with Gasteiger partial charge in [0, 0.05) is 0 Å². The summed E-state index contributed by atoms with van der Waals surface area (Å²) in [5.41, 5.74) is 0.855. The Kier molecular flexibility index (Phi) is 2.07. The molecular formula is C11H11FN2O2. The summed E-state index contributed by atoms with van der Waals surface area (Å²) in [5, 5.41) is 5.75. The second-order valence-corrected chi connectivity index (χ2v) is 4.05. The third kappa shape index (κ3) is 1.36. The van der Waals surface area contributed by atoms with Gasteiger partial charge in [0.05, 0.1) is 30.9 Å². The lowest BCUT2D eigenvalue weighted by molar-refractivity contribution is -0.119. The maximum atomic E-state index is 13.5. The Hall–Kier alpha value is -1.62. The number of amides is 1. The first-order chi connectivity index (χ1) is 7.75. The summed E-state index contributed by atoms with van der Waals surface area (Å²) in [6, 6.07) is 4.63. The second-order valence-electron chi connectivity index (χ2n) is 4.05. The first-order valence-corrected chi connectivity index (χ1v) is 5.19. The van der Waals surface area contributed by atoms with Crippen LogP contribution in [-0.2, 0) is 9.53 Å². The molecule has 0 radical (unpaired) electrons. The molecule has 16 heavy (non-hydrogen) atoms. The maximum absolute atomic E-state index is 13.5.